The van der Waals surface area contributed by atoms with Gasteiger partial charge in [0.15, 0.2) is 0 Å². The minimum Gasteiger partial charge on any atom is -0.356 e. The lowest BCUT2D eigenvalue weighted by Crippen LogP contribution is -2.36. The Balaban J connectivity index is 2.09. The molecule has 0 spiro atoms. The molecule has 15 heavy (non-hydrogen) atoms. The molecule has 5 heteroatoms. The van der Waals surface area contributed by atoms with E-state index < -0.39 is 0 Å². The third-order valence-electron chi connectivity index (χ3n) is 2.68. The van der Waals surface area contributed by atoms with Crippen LogP contribution in [0.4, 0.5) is 10.2 Å². The van der Waals surface area contributed by atoms with Crippen molar-refractivity contribution in [2.75, 3.05) is 24.7 Å². The number of alkyl halides is 1. The van der Waals surface area contributed by atoms with Gasteiger partial charge in [0.1, 0.15) is 17.3 Å². The van der Waals surface area contributed by atoms with Crippen LogP contribution in [0.25, 0.3) is 0 Å². The molecule has 1 aliphatic heterocycles. The predicted octanol–water partition coefficient (Wildman–Crippen LogP) is 2.32. The molecule has 0 N–H and O–H groups in total. The van der Waals surface area contributed by atoms with Crippen molar-refractivity contribution in [3.8, 4) is 0 Å². The maximum absolute atomic E-state index is 12.6. The van der Waals surface area contributed by atoms with Gasteiger partial charge in [-0.3, -0.25) is 4.39 Å². The van der Waals surface area contributed by atoms with E-state index in [9.17, 15) is 4.39 Å². The minimum absolute atomic E-state index is 0.132. The molecule has 1 fully saturated rings. The Labute approximate surface area is 93.3 Å². The second-order valence-corrected chi connectivity index (χ2v) is 4.19. The van der Waals surface area contributed by atoms with Crippen LogP contribution in [0.1, 0.15) is 12.8 Å². The summed E-state index contributed by atoms with van der Waals surface area (Å²) in [5.41, 5.74) is 0. The molecule has 0 amide bonds. The first-order valence-corrected chi connectivity index (χ1v) is 5.46. The quantitative estimate of drug-likeness (QED) is 0.729. The fourth-order valence-electron chi connectivity index (χ4n) is 1.90. The zero-order chi connectivity index (χ0) is 10.7. The highest BCUT2D eigenvalue weighted by Crippen LogP contribution is 2.22. The summed E-state index contributed by atoms with van der Waals surface area (Å²) in [6.45, 7) is 1.39. The lowest BCUT2D eigenvalue weighted by Gasteiger charge is -2.32. The van der Waals surface area contributed by atoms with Gasteiger partial charge in [-0.25, -0.2) is 9.97 Å². The van der Waals surface area contributed by atoms with Gasteiger partial charge in [0.25, 0.3) is 0 Å². The van der Waals surface area contributed by atoms with Crippen molar-refractivity contribution in [3.63, 3.8) is 0 Å². The number of hydrogen-bond acceptors (Lipinski definition) is 3. The first-order chi connectivity index (χ1) is 7.29. The molecule has 0 radical (unpaired) electrons. The smallest absolute Gasteiger partial charge is 0.134 e. The maximum atomic E-state index is 12.6. The summed E-state index contributed by atoms with van der Waals surface area (Å²) in [7, 11) is 0. The minimum atomic E-state index is -0.255. The van der Waals surface area contributed by atoms with Crippen LogP contribution in [0.15, 0.2) is 12.4 Å². The normalized spacial score (nSPS) is 21.7. The highest BCUT2D eigenvalue weighted by Gasteiger charge is 2.20. The van der Waals surface area contributed by atoms with Gasteiger partial charge in [-0.1, -0.05) is 11.6 Å². The second kappa shape index (κ2) is 4.75. The van der Waals surface area contributed by atoms with Crippen LogP contribution in [-0.4, -0.2) is 29.7 Å². The summed E-state index contributed by atoms with van der Waals surface area (Å²) in [6.07, 6.45) is 3.42. The van der Waals surface area contributed by atoms with Gasteiger partial charge in [-0.05, 0) is 12.8 Å². The van der Waals surface area contributed by atoms with Crippen molar-refractivity contribution in [3.05, 3.63) is 17.5 Å². The Morgan fingerprint density at radius 2 is 2.40 bits per heavy atom. The number of rotatable bonds is 2. The lowest BCUT2D eigenvalue weighted by atomic mass is 10.00. The standard InChI is InChI=1S/C10H13ClFN3/c11-9-4-10(14-7-13-9)15-3-1-2-8(5-12)6-15/h4,7-8H,1-3,5-6H2/t8-/m1/s1. The Hall–Kier alpha value is -0.900. The molecule has 0 unspecified atom stereocenters. The van der Waals surface area contributed by atoms with Crippen LogP contribution in [0.5, 0.6) is 0 Å². The van der Waals surface area contributed by atoms with Gasteiger partial charge in [-0.2, -0.15) is 0 Å². The molecule has 1 atom stereocenters. The summed E-state index contributed by atoms with van der Waals surface area (Å²) >= 11 is 5.78. The molecular weight excluding hydrogens is 217 g/mol. The lowest BCUT2D eigenvalue weighted by molar-refractivity contribution is 0.315. The number of nitrogens with zero attached hydrogens (tertiary/aromatic N) is 3. The monoisotopic (exact) mass is 229 g/mol. The van der Waals surface area contributed by atoms with E-state index in [1.165, 1.54) is 6.33 Å². The van der Waals surface area contributed by atoms with Crippen LogP contribution < -0.4 is 4.90 Å². The van der Waals surface area contributed by atoms with E-state index in [1.807, 2.05) is 0 Å². The van der Waals surface area contributed by atoms with Crippen molar-refractivity contribution in [2.45, 2.75) is 12.8 Å². The highest BCUT2D eigenvalue weighted by molar-refractivity contribution is 6.29. The van der Waals surface area contributed by atoms with Crippen LogP contribution in [0.3, 0.4) is 0 Å². The SMILES string of the molecule is FC[C@H]1CCCN(c2cc(Cl)ncn2)C1. The predicted molar refractivity (Wildman–Crippen MR) is 58.0 cm³/mol. The summed E-state index contributed by atoms with van der Waals surface area (Å²) in [5.74, 6) is 0.931. The van der Waals surface area contributed by atoms with Gasteiger partial charge in [-0.15, -0.1) is 0 Å². The van der Waals surface area contributed by atoms with Crippen LogP contribution in [0, 0.1) is 5.92 Å². The Morgan fingerprint density at radius 1 is 1.53 bits per heavy atom. The molecule has 0 bridgehead atoms. The average molecular weight is 230 g/mol. The molecule has 0 aromatic carbocycles. The van der Waals surface area contributed by atoms with Crippen LogP contribution >= 0.6 is 11.6 Å². The molecule has 1 aliphatic rings. The molecular formula is C10H13ClFN3. The van der Waals surface area contributed by atoms with E-state index >= 15 is 0 Å². The van der Waals surface area contributed by atoms with Crippen LogP contribution in [-0.2, 0) is 0 Å². The molecule has 1 aromatic heterocycles. The third-order valence-corrected chi connectivity index (χ3v) is 2.89. The van der Waals surface area contributed by atoms with E-state index in [0.717, 1.165) is 31.7 Å². The van der Waals surface area contributed by atoms with E-state index in [4.69, 9.17) is 11.6 Å². The Kier molecular flexibility index (Phi) is 3.36. The highest BCUT2D eigenvalue weighted by atomic mass is 35.5. The van der Waals surface area contributed by atoms with Gasteiger partial charge < -0.3 is 4.90 Å². The number of aromatic nitrogens is 2. The van der Waals surface area contributed by atoms with Crippen molar-refractivity contribution in [1.29, 1.82) is 0 Å². The summed E-state index contributed by atoms with van der Waals surface area (Å²) in [6, 6.07) is 1.72. The Bertz CT molecular complexity index is 334. The molecule has 1 aromatic rings. The average Bonchev–Trinajstić information content (AvgIpc) is 2.29. The molecule has 0 aliphatic carbocycles. The first-order valence-electron chi connectivity index (χ1n) is 5.08. The molecule has 2 rings (SSSR count). The Morgan fingerprint density at radius 3 is 3.13 bits per heavy atom. The van der Waals surface area contributed by atoms with Crippen molar-refractivity contribution >= 4 is 17.4 Å². The largest absolute Gasteiger partial charge is 0.356 e. The van der Waals surface area contributed by atoms with E-state index in [0.29, 0.717) is 5.15 Å². The third kappa shape index (κ3) is 2.56. The zero-order valence-electron chi connectivity index (χ0n) is 8.37. The number of halogens is 2. The van der Waals surface area contributed by atoms with Gasteiger partial charge >= 0.3 is 0 Å². The van der Waals surface area contributed by atoms with E-state index in [-0.39, 0.29) is 12.6 Å². The topological polar surface area (TPSA) is 29.0 Å². The second-order valence-electron chi connectivity index (χ2n) is 3.81. The summed E-state index contributed by atoms with van der Waals surface area (Å²) < 4.78 is 12.6. The molecule has 0 saturated carbocycles. The molecule has 2 heterocycles. The van der Waals surface area contributed by atoms with E-state index in [1.54, 1.807) is 6.07 Å². The fourth-order valence-corrected chi connectivity index (χ4v) is 2.04. The van der Waals surface area contributed by atoms with Crippen molar-refractivity contribution < 1.29 is 4.39 Å². The van der Waals surface area contributed by atoms with Crippen molar-refractivity contribution in [1.82, 2.24) is 9.97 Å². The van der Waals surface area contributed by atoms with E-state index in [2.05, 4.69) is 14.9 Å². The van der Waals surface area contributed by atoms with Gasteiger partial charge in [0.2, 0.25) is 0 Å². The number of hydrogen-bond donors (Lipinski definition) is 0. The summed E-state index contributed by atoms with van der Waals surface area (Å²) in [5, 5.41) is 0.433. The van der Waals surface area contributed by atoms with Crippen molar-refractivity contribution in [2.24, 2.45) is 5.92 Å². The summed E-state index contributed by atoms with van der Waals surface area (Å²) in [4.78, 5) is 10.0. The molecule has 1 saturated heterocycles. The van der Waals surface area contributed by atoms with Crippen LogP contribution in [0.2, 0.25) is 5.15 Å². The number of piperidine rings is 1. The van der Waals surface area contributed by atoms with Gasteiger partial charge in [0.05, 0.1) is 6.67 Å². The zero-order valence-corrected chi connectivity index (χ0v) is 9.12. The maximum Gasteiger partial charge on any atom is 0.134 e. The van der Waals surface area contributed by atoms with Gasteiger partial charge in [0, 0.05) is 25.1 Å². The fraction of sp³-hybridized carbons (Fsp3) is 0.600. The first kappa shape index (κ1) is 10.6. The molecule has 82 valence electrons. The number of anilines is 1. The molecule has 3 nitrogen and oxygen atoms in total.